The number of rotatable bonds is 0. The molecule has 0 aliphatic heterocycles. The molecule has 76 valence electrons. The zero-order valence-corrected chi connectivity index (χ0v) is 8.98. The smallest absolute Gasteiger partial charge is 0.159 e. The molecule has 1 aliphatic carbocycles. The van der Waals surface area contributed by atoms with Crippen LogP contribution in [0.5, 0.6) is 0 Å². The van der Waals surface area contributed by atoms with Crippen molar-refractivity contribution in [1.29, 1.82) is 0 Å². The third-order valence-corrected chi connectivity index (χ3v) is 2.44. The van der Waals surface area contributed by atoms with E-state index in [1.807, 2.05) is 6.92 Å². The van der Waals surface area contributed by atoms with Crippen LogP contribution in [0.2, 0.25) is 0 Å². The molecular formula is C10H20N2O. The van der Waals surface area contributed by atoms with Crippen LogP contribution in [0.1, 0.15) is 40.5 Å². The molecule has 0 saturated carbocycles. The highest BCUT2D eigenvalue weighted by molar-refractivity contribution is 5.96. The van der Waals surface area contributed by atoms with E-state index in [0.29, 0.717) is 5.78 Å². The number of ketones is 1. The summed E-state index contributed by atoms with van der Waals surface area (Å²) in [6.07, 6.45) is 1.79. The summed E-state index contributed by atoms with van der Waals surface area (Å²) >= 11 is 0. The Labute approximate surface area is 80.1 Å². The summed E-state index contributed by atoms with van der Waals surface area (Å²) in [4.78, 5) is 11.4. The highest BCUT2D eigenvalue weighted by Crippen LogP contribution is 2.36. The van der Waals surface area contributed by atoms with E-state index in [-0.39, 0.29) is 5.41 Å². The quantitative estimate of drug-likeness (QED) is 0.443. The largest absolute Gasteiger partial charge is 0.295 e. The Kier molecular flexibility index (Phi) is 4.30. The minimum atomic E-state index is 0.195. The van der Waals surface area contributed by atoms with Crippen LogP contribution in [0.4, 0.5) is 0 Å². The monoisotopic (exact) mass is 184 g/mol. The standard InChI is InChI=1S/C10H16O.H4N2/c1-7-5-10(3,4)6-9(11)8(7)2;1-2/h5-6H2,1-4H3;1-2H2. The van der Waals surface area contributed by atoms with E-state index >= 15 is 0 Å². The predicted octanol–water partition coefficient (Wildman–Crippen LogP) is 1.53. The number of allylic oxidation sites excluding steroid dienone is 2. The van der Waals surface area contributed by atoms with Gasteiger partial charge >= 0.3 is 0 Å². The molecule has 1 aliphatic rings. The molecule has 3 nitrogen and oxygen atoms in total. The Morgan fingerprint density at radius 3 is 2.00 bits per heavy atom. The number of hydrogen-bond donors (Lipinski definition) is 2. The molecule has 0 aromatic carbocycles. The van der Waals surface area contributed by atoms with Gasteiger partial charge in [-0.05, 0) is 31.3 Å². The number of hydrazine groups is 1. The maximum Gasteiger partial charge on any atom is 0.159 e. The summed E-state index contributed by atoms with van der Waals surface area (Å²) in [6, 6.07) is 0. The van der Waals surface area contributed by atoms with Crippen molar-refractivity contribution in [2.75, 3.05) is 0 Å². The zero-order chi connectivity index (χ0) is 10.6. The van der Waals surface area contributed by atoms with Crippen molar-refractivity contribution >= 4 is 5.78 Å². The summed E-state index contributed by atoms with van der Waals surface area (Å²) in [7, 11) is 0. The van der Waals surface area contributed by atoms with Crippen molar-refractivity contribution in [1.82, 2.24) is 0 Å². The number of Topliss-reactive ketones (excluding diaryl/α,β-unsaturated/α-hetero) is 1. The molecule has 3 heteroatoms. The van der Waals surface area contributed by atoms with Gasteiger partial charge in [0.2, 0.25) is 0 Å². The van der Waals surface area contributed by atoms with E-state index in [9.17, 15) is 4.79 Å². The predicted molar refractivity (Wildman–Crippen MR) is 54.8 cm³/mol. The minimum Gasteiger partial charge on any atom is -0.295 e. The fourth-order valence-electron chi connectivity index (χ4n) is 1.72. The van der Waals surface area contributed by atoms with Gasteiger partial charge in [-0.15, -0.1) is 0 Å². The molecule has 0 amide bonds. The fourth-order valence-corrected chi connectivity index (χ4v) is 1.72. The molecule has 4 N–H and O–H groups in total. The molecule has 0 radical (unpaired) electrons. The third kappa shape index (κ3) is 3.28. The SMILES string of the molecule is CC1=C(C)C(=O)CC(C)(C)C1.NN. The first-order chi connectivity index (χ1) is 5.92. The van der Waals surface area contributed by atoms with Gasteiger partial charge in [-0.1, -0.05) is 19.4 Å². The molecular weight excluding hydrogens is 164 g/mol. The normalized spacial score (nSPS) is 20.9. The van der Waals surface area contributed by atoms with Gasteiger partial charge in [0.05, 0.1) is 0 Å². The Balaban J connectivity index is 0.000000671. The van der Waals surface area contributed by atoms with Crippen LogP contribution < -0.4 is 11.7 Å². The average Bonchev–Trinajstić information content (AvgIpc) is 2.02. The molecule has 0 saturated heterocycles. The number of hydrogen-bond acceptors (Lipinski definition) is 3. The van der Waals surface area contributed by atoms with Crippen molar-refractivity contribution in [2.45, 2.75) is 40.5 Å². The third-order valence-electron chi connectivity index (χ3n) is 2.44. The van der Waals surface area contributed by atoms with E-state index in [2.05, 4.69) is 32.5 Å². The number of carbonyl (C=O) groups excluding carboxylic acids is 1. The van der Waals surface area contributed by atoms with E-state index in [0.717, 1.165) is 18.4 Å². The average molecular weight is 184 g/mol. The van der Waals surface area contributed by atoms with Gasteiger partial charge in [0, 0.05) is 6.42 Å². The van der Waals surface area contributed by atoms with Gasteiger partial charge in [-0.25, -0.2) is 0 Å². The van der Waals surface area contributed by atoms with Gasteiger partial charge in [0.25, 0.3) is 0 Å². The van der Waals surface area contributed by atoms with Gasteiger partial charge < -0.3 is 0 Å². The minimum absolute atomic E-state index is 0.195. The molecule has 13 heavy (non-hydrogen) atoms. The van der Waals surface area contributed by atoms with Gasteiger partial charge in [0.1, 0.15) is 0 Å². The lowest BCUT2D eigenvalue weighted by Crippen LogP contribution is -2.23. The van der Waals surface area contributed by atoms with E-state index in [1.54, 1.807) is 0 Å². The molecule has 0 spiro atoms. The summed E-state index contributed by atoms with van der Waals surface area (Å²) in [5.41, 5.74) is 2.45. The Hall–Kier alpha value is -0.670. The van der Waals surface area contributed by atoms with E-state index in [4.69, 9.17) is 0 Å². The van der Waals surface area contributed by atoms with Crippen LogP contribution >= 0.6 is 0 Å². The molecule has 0 fully saturated rings. The Morgan fingerprint density at radius 2 is 1.62 bits per heavy atom. The van der Waals surface area contributed by atoms with Gasteiger partial charge in [-0.2, -0.15) is 0 Å². The second-order valence-electron chi connectivity index (χ2n) is 4.35. The lowest BCUT2D eigenvalue weighted by Gasteiger charge is -2.29. The number of carbonyl (C=O) groups is 1. The lowest BCUT2D eigenvalue weighted by atomic mass is 9.74. The molecule has 0 unspecified atom stereocenters. The summed E-state index contributed by atoms with van der Waals surface area (Å²) in [5.74, 6) is 8.33. The Morgan fingerprint density at radius 1 is 1.15 bits per heavy atom. The van der Waals surface area contributed by atoms with Crippen LogP contribution in [0.15, 0.2) is 11.1 Å². The number of nitrogens with two attached hydrogens (primary N) is 2. The van der Waals surface area contributed by atoms with E-state index < -0.39 is 0 Å². The first-order valence-corrected chi connectivity index (χ1v) is 4.45. The summed E-state index contributed by atoms with van der Waals surface area (Å²) in [5, 5.41) is 0. The van der Waals surface area contributed by atoms with Crippen molar-refractivity contribution in [3.8, 4) is 0 Å². The second-order valence-corrected chi connectivity index (χ2v) is 4.35. The summed E-state index contributed by atoms with van der Waals surface area (Å²) < 4.78 is 0. The van der Waals surface area contributed by atoms with Crippen LogP contribution in [0, 0.1) is 5.41 Å². The molecule has 1 rings (SSSR count). The highest BCUT2D eigenvalue weighted by Gasteiger charge is 2.28. The topological polar surface area (TPSA) is 69.1 Å². The highest BCUT2D eigenvalue weighted by atomic mass is 16.1. The van der Waals surface area contributed by atoms with Crippen LogP contribution in [0.3, 0.4) is 0 Å². The zero-order valence-electron chi connectivity index (χ0n) is 8.98. The van der Waals surface area contributed by atoms with Crippen LogP contribution in [-0.2, 0) is 4.79 Å². The first-order valence-electron chi connectivity index (χ1n) is 4.45. The maximum absolute atomic E-state index is 11.4. The summed E-state index contributed by atoms with van der Waals surface area (Å²) in [6.45, 7) is 8.31. The molecule has 0 aromatic heterocycles. The Bertz CT molecular complexity index is 229. The van der Waals surface area contributed by atoms with Crippen LogP contribution in [0.25, 0.3) is 0 Å². The van der Waals surface area contributed by atoms with Crippen molar-refractivity contribution in [3.05, 3.63) is 11.1 Å². The van der Waals surface area contributed by atoms with Gasteiger partial charge in [0.15, 0.2) is 5.78 Å². The molecule has 0 bridgehead atoms. The fraction of sp³-hybridized carbons (Fsp3) is 0.700. The van der Waals surface area contributed by atoms with Crippen LogP contribution in [-0.4, -0.2) is 5.78 Å². The van der Waals surface area contributed by atoms with Crippen molar-refractivity contribution < 1.29 is 4.79 Å². The molecule has 0 heterocycles. The van der Waals surface area contributed by atoms with Gasteiger partial charge in [-0.3, -0.25) is 16.5 Å². The first kappa shape index (κ1) is 12.3. The van der Waals surface area contributed by atoms with Crippen molar-refractivity contribution in [3.63, 3.8) is 0 Å². The second kappa shape index (κ2) is 4.53. The molecule has 0 aromatic rings. The van der Waals surface area contributed by atoms with Crippen molar-refractivity contribution in [2.24, 2.45) is 17.1 Å². The molecule has 0 atom stereocenters. The maximum atomic E-state index is 11.4. The van der Waals surface area contributed by atoms with E-state index in [1.165, 1.54) is 5.57 Å². The lowest BCUT2D eigenvalue weighted by molar-refractivity contribution is -0.118.